The topological polar surface area (TPSA) is 75.3 Å². The number of rotatable bonds is 5. The van der Waals surface area contributed by atoms with Gasteiger partial charge >= 0.3 is 6.18 Å². The molecule has 9 heteroatoms. The lowest BCUT2D eigenvalue weighted by Crippen LogP contribution is -2.51. The average molecular weight is 392 g/mol. The standard InChI is InChI=1S/C17H23F3N2O3S/c1-12-6-8-16(2,9-7-12)22-15(23)11-21-26(24,25)14-5-3-4-13(10-14)17(18,19)20/h3-5,10,12,21H,6-9,11H2,1-2H3,(H,22,23). The van der Waals surface area contributed by atoms with E-state index in [1.54, 1.807) is 0 Å². The third-order valence-corrected chi connectivity index (χ3v) is 6.11. The quantitative estimate of drug-likeness (QED) is 0.809. The van der Waals surface area contributed by atoms with Crippen molar-refractivity contribution in [1.29, 1.82) is 0 Å². The molecular formula is C17H23F3N2O3S. The van der Waals surface area contributed by atoms with Gasteiger partial charge in [-0.05, 0) is 56.7 Å². The molecular weight excluding hydrogens is 369 g/mol. The Hall–Kier alpha value is -1.61. The van der Waals surface area contributed by atoms with Gasteiger partial charge in [0.2, 0.25) is 15.9 Å². The summed E-state index contributed by atoms with van der Waals surface area (Å²) < 4.78 is 64.6. The number of nitrogens with one attached hydrogen (secondary N) is 2. The van der Waals surface area contributed by atoms with Gasteiger partial charge in [0.15, 0.2) is 0 Å². The Labute approximate surface area is 151 Å². The van der Waals surface area contributed by atoms with Gasteiger partial charge in [0.05, 0.1) is 17.0 Å². The molecule has 1 amide bonds. The highest BCUT2D eigenvalue weighted by molar-refractivity contribution is 7.89. The van der Waals surface area contributed by atoms with Crippen molar-refractivity contribution in [2.45, 2.75) is 56.1 Å². The van der Waals surface area contributed by atoms with Crippen molar-refractivity contribution in [1.82, 2.24) is 10.0 Å². The Morgan fingerprint density at radius 2 is 1.88 bits per heavy atom. The minimum Gasteiger partial charge on any atom is -0.350 e. The molecule has 1 saturated carbocycles. The molecule has 0 unspecified atom stereocenters. The number of benzene rings is 1. The highest BCUT2D eigenvalue weighted by atomic mass is 32.2. The molecule has 1 aliphatic rings. The summed E-state index contributed by atoms with van der Waals surface area (Å²) in [5.41, 5.74) is -1.45. The van der Waals surface area contributed by atoms with Crippen LogP contribution in [0.2, 0.25) is 0 Å². The van der Waals surface area contributed by atoms with Crippen LogP contribution >= 0.6 is 0 Å². The number of carbonyl (C=O) groups is 1. The first-order valence-electron chi connectivity index (χ1n) is 8.39. The molecule has 1 aliphatic carbocycles. The van der Waals surface area contributed by atoms with Crippen molar-refractivity contribution in [3.8, 4) is 0 Å². The normalized spacial score (nSPS) is 24.3. The summed E-state index contributed by atoms with van der Waals surface area (Å²) in [6.07, 6.45) is -1.07. The molecule has 2 rings (SSSR count). The summed E-state index contributed by atoms with van der Waals surface area (Å²) in [4.78, 5) is 11.6. The van der Waals surface area contributed by atoms with E-state index in [9.17, 15) is 26.4 Å². The summed E-state index contributed by atoms with van der Waals surface area (Å²) in [5.74, 6) is 0.0944. The van der Waals surface area contributed by atoms with Crippen LogP contribution in [-0.2, 0) is 21.0 Å². The van der Waals surface area contributed by atoms with Gasteiger partial charge in [0, 0.05) is 5.54 Å². The molecule has 1 fully saturated rings. The maximum Gasteiger partial charge on any atom is 0.416 e. The molecule has 0 spiro atoms. The van der Waals surface area contributed by atoms with E-state index in [0.29, 0.717) is 12.0 Å². The van der Waals surface area contributed by atoms with Crippen LogP contribution in [-0.4, -0.2) is 26.4 Å². The maximum absolute atomic E-state index is 12.7. The number of alkyl halides is 3. The number of amides is 1. The van der Waals surface area contributed by atoms with Crippen molar-refractivity contribution >= 4 is 15.9 Å². The lowest BCUT2D eigenvalue weighted by Gasteiger charge is -2.37. The van der Waals surface area contributed by atoms with Gasteiger partial charge in [-0.25, -0.2) is 13.1 Å². The third-order valence-electron chi connectivity index (χ3n) is 4.71. The van der Waals surface area contributed by atoms with E-state index in [1.807, 2.05) is 6.92 Å². The van der Waals surface area contributed by atoms with E-state index < -0.39 is 39.1 Å². The fraction of sp³-hybridized carbons (Fsp3) is 0.588. The monoisotopic (exact) mass is 392 g/mol. The summed E-state index contributed by atoms with van der Waals surface area (Å²) >= 11 is 0. The Morgan fingerprint density at radius 1 is 1.27 bits per heavy atom. The van der Waals surface area contributed by atoms with Crippen LogP contribution in [0.15, 0.2) is 29.2 Å². The summed E-state index contributed by atoms with van der Waals surface area (Å²) in [6, 6.07) is 3.40. The summed E-state index contributed by atoms with van der Waals surface area (Å²) in [5, 5.41) is 2.83. The van der Waals surface area contributed by atoms with Crippen LogP contribution in [0.1, 0.15) is 45.1 Å². The second-order valence-corrected chi connectivity index (χ2v) is 8.91. The van der Waals surface area contributed by atoms with Crippen LogP contribution in [0.5, 0.6) is 0 Å². The van der Waals surface area contributed by atoms with E-state index >= 15 is 0 Å². The van der Waals surface area contributed by atoms with Gasteiger partial charge in [0.1, 0.15) is 0 Å². The third kappa shape index (κ3) is 5.44. The van der Waals surface area contributed by atoms with E-state index in [0.717, 1.165) is 43.9 Å². The minimum absolute atomic E-state index is 0.384. The highest BCUT2D eigenvalue weighted by Crippen LogP contribution is 2.32. The van der Waals surface area contributed by atoms with Gasteiger partial charge in [0.25, 0.3) is 0 Å². The van der Waals surface area contributed by atoms with Gasteiger partial charge in [-0.2, -0.15) is 13.2 Å². The second-order valence-electron chi connectivity index (χ2n) is 7.14. The number of halogens is 3. The Kier molecular flexibility index (Phi) is 6.02. The molecule has 1 aromatic rings. The molecule has 26 heavy (non-hydrogen) atoms. The zero-order valence-electron chi connectivity index (χ0n) is 14.7. The Bertz CT molecular complexity index is 755. The summed E-state index contributed by atoms with van der Waals surface area (Å²) in [7, 11) is -4.22. The van der Waals surface area contributed by atoms with E-state index in [-0.39, 0.29) is 5.54 Å². The van der Waals surface area contributed by atoms with Gasteiger partial charge in [-0.15, -0.1) is 0 Å². The Balaban J connectivity index is 1.99. The molecule has 5 nitrogen and oxygen atoms in total. The highest BCUT2D eigenvalue weighted by Gasteiger charge is 2.33. The SMILES string of the molecule is CC1CCC(C)(NC(=O)CNS(=O)(=O)c2cccc(C(F)(F)F)c2)CC1. The zero-order valence-corrected chi connectivity index (χ0v) is 15.5. The van der Waals surface area contributed by atoms with Crippen molar-refractivity contribution in [3.63, 3.8) is 0 Å². The fourth-order valence-corrected chi connectivity index (χ4v) is 4.02. The smallest absolute Gasteiger partial charge is 0.350 e. The molecule has 0 aliphatic heterocycles. The van der Waals surface area contributed by atoms with Crippen molar-refractivity contribution < 1.29 is 26.4 Å². The molecule has 0 saturated heterocycles. The second kappa shape index (κ2) is 7.56. The van der Waals surface area contributed by atoms with E-state index in [2.05, 4.69) is 17.0 Å². The Morgan fingerprint density at radius 3 is 2.46 bits per heavy atom. The lowest BCUT2D eigenvalue weighted by atomic mass is 9.78. The first-order valence-corrected chi connectivity index (χ1v) is 9.88. The number of hydrogen-bond acceptors (Lipinski definition) is 3. The number of carbonyl (C=O) groups excluding carboxylic acids is 1. The van der Waals surface area contributed by atoms with Crippen molar-refractivity contribution in [2.75, 3.05) is 6.54 Å². The van der Waals surface area contributed by atoms with Crippen LogP contribution in [0.3, 0.4) is 0 Å². The largest absolute Gasteiger partial charge is 0.416 e. The van der Waals surface area contributed by atoms with Crippen molar-refractivity contribution in [3.05, 3.63) is 29.8 Å². The molecule has 146 valence electrons. The lowest BCUT2D eigenvalue weighted by molar-refractivity contribution is -0.137. The molecule has 0 bridgehead atoms. The van der Waals surface area contributed by atoms with Crippen LogP contribution in [0, 0.1) is 5.92 Å². The van der Waals surface area contributed by atoms with E-state index in [4.69, 9.17) is 0 Å². The molecule has 2 N–H and O–H groups in total. The zero-order chi connectivity index (χ0) is 19.6. The first kappa shape index (κ1) is 20.7. The van der Waals surface area contributed by atoms with Gasteiger partial charge in [-0.3, -0.25) is 4.79 Å². The predicted molar refractivity (Wildman–Crippen MR) is 90.8 cm³/mol. The van der Waals surface area contributed by atoms with E-state index in [1.165, 1.54) is 0 Å². The number of hydrogen-bond donors (Lipinski definition) is 2. The van der Waals surface area contributed by atoms with Crippen LogP contribution in [0.25, 0.3) is 0 Å². The van der Waals surface area contributed by atoms with Crippen LogP contribution in [0.4, 0.5) is 13.2 Å². The molecule has 1 aromatic carbocycles. The van der Waals surface area contributed by atoms with Gasteiger partial charge < -0.3 is 5.32 Å². The van der Waals surface area contributed by atoms with Crippen LogP contribution < -0.4 is 10.0 Å². The van der Waals surface area contributed by atoms with Crippen molar-refractivity contribution in [2.24, 2.45) is 5.92 Å². The minimum atomic E-state index is -4.64. The molecule has 0 atom stereocenters. The predicted octanol–water partition coefficient (Wildman–Crippen LogP) is 3.07. The first-order chi connectivity index (χ1) is 11.9. The summed E-state index contributed by atoms with van der Waals surface area (Å²) in [6.45, 7) is 3.53. The van der Waals surface area contributed by atoms with Gasteiger partial charge in [-0.1, -0.05) is 13.0 Å². The molecule has 0 aromatic heterocycles. The molecule has 0 radical (unpaired) electrons. The number of sulfonamides is 1. The maximum atomic E-state index is 12.7. The average Bonchev–Trinajstić information content (AvgIpc) is 2.55. The molecule has 0 heterocycles. The fourth-order valence-electron chi connectivity index (χ4n) is 2.99.